The number of aliphatic hydroxyl groups is 1. The van der Waals surface area contributed by atoms with Crippen LogP contribution >= 0.6 is 0 Å². The van der Waals surface area contributed by atoms with Crippen LogP contribution in [0.4, 0.5) is 0 Å². The third-order valence-electron chi connectivity index (χ3n) is 5.19. The van der Waals surface area contributed by atoms with E-state index in [1.807, 2.05) is 18.2 Å². The number of amides is 1. The Morgan fingerprint density at radius 3 is 2.83 bits per heavy atom. The largest absolute Gasteiger partial charge is 0.496 e. The van der Waals surface area contributed by atoms with E-state index in [1.54, 1.807) is 12.0 Å². The van der Waals surface area contributed by atoms with E-state index >= 15 is 0 Å². The summed E-state index contributed by atoms with van der Waals surface area (Å²) in [5.41, 5.74) is 1.22. The van der Waals surface area contributed by atoms with E-state index in [0.717, 1.165) is 44.5 Å². The number of β-amino-alcohol motifs (C(OH)–C–C–N with tert-alkyl or cyclic N) is 1. The maximum Gasteiger partial charge on any atom is 0.222 e. The fraction of sp³-hybridized carbons (Fsp3) is 0.632. The lowest BCUT2D eigenvalue weighted by Gasteiger charge is -2.29. The Labute approximate surface area is 144 Å². The summed E-state index contributed by atoms with van der Waals surface area (Å²) in [5, 5.41) is 10.4. The second kappa shape index (κ2) is 7.99. The van der Waals surface area contributed by atoms with E-state index in [-0.39, 0.29) is 5.91 Å². The lowest BCUT2D eigenvalue weighted by atomic mass is 10.0. The van der Waals surface area contributed by atoms with Gasteiger partial charge in [-0.15, -0.1) is 0 Å². The van der Waals surface area contributed by atoms with Gasteiger partial charge >= 0.3 is 0 Å². The molecule has 2 heterocycles. The van der Waals surface area contributed by atoms with E-state index in [2.05, 4.69) is 11.0 Å². The van der Waals surface area contributed by atoms with Gasteiger partial charge in [0.05, 0.1) is 13.2 Å². The van der Waals surface area contributed by atoms with Crippen LogP contribution in [0.5, 0.6) is 5.75 Å². The second-order valence-electron chi connectivity index (χ2n) is 6.90. The highest BCUT2D eigenvalue weighted by Gasteiger charge is 2.29. The Morgan fingerprint density at radius 1 is 1.25 bits per heavy atom. The normalized spacial score (nSPS) is 23.0. The van der Waals surface area contributed by atoms with Crippen LogP contribution in [0.3, 0.4) is 0 Å². The van der Waals surface area contributed by atoms with Gasteiger partial charge in [0, 0.05) is 32.1 Å². The number of benzene rings is 1. The number of rotatable bonds is 7. The van der Waals surface area contributed by atoms with Gasteiger partial charge in [0.1, 0.15) is 5.75 Å². The van der Waals surface area contributed by atoms with Gasteiger partial charge in [0.2, 0.25) is 5.91 Å². The van der Waals surface area contributed by atoms with Gasteiger partial charge < -0.3 is 14.7 Å². The predicted octanol–water partition coefficient (Wildman–Crippen LogP) is 1.69. The van der Waals surface area contributed by atoms with Crippen LogP contribution in [0.1, 0.15) is 31.2 Å². The van der Waals surface area contributed by atoms with Crippen LogP contribution in [-0.4, -0.2) is 66.2 Å². The number of nitrogens with zero attached hydrogens (tertiary/aromatic N) is 2. The van der Waals surface area contributed by atoms with Gasteiger partial charge in [-0.3, -0.25) is 9.69 Å². The Bertz CT molecular complexity index is 563. The zero-order valence-corrected chi connectivity index (χ0v) is 14.5. The summed E-state index contributed by atoms with van der Waals surface area (Å²) in [7, 11) is 1.71. The van der Waals surface area contributed by atoms with Gasteiger partial charge in [-0.25, -0.2) is 0 Å². The first-order valence-electron chi connectivity index (χ1n) is 8.99. The van der Waals surface area contributed by atoms with Crippen molar-refractivity contribution in [1.82, 2.24) is 9.80 Å². The topological polar surface area (TPSA) is 53.0 Å². The lowest BCUT2D eigenvalue weighted by Crippen LogP contribution is -2.43. The summed E-state index contributed by atoms with van der Waals surface area (Å²) in [5.74, 6) is 1.12. The minimum absolute atomic E-state index is 0.182. The average Bonchev–Trinajstić information content (AvgIpc) is 3.18. The molecule has 24 heavy (non-hydrogen) atoms. The van der Waals surface area contributed by atoms with Gasteiger partial charge in [0.15, 0.2) is 0 Å². The van der Waals surface area contributed by atoms with Crippen LogP contribution in [0.25, 0.3) is 0 Å². The number of aliphatic hydroxyl groups excluding tert-OH is 1. The zero-order valence-electron chi connectivity index (χ0n) is 14.5. The highest BCUT2D eigenvalue weighted by Crippen LogP contribution is 2.26. The molecule has 0 radical (unpaired) electrons. The van der Waals surface area contributed by atoms with Crippen LogP contribution in [-0.2, 0) is 11.2 Å². The summed E-state index contributed by atoms with van der Waals surface area (Å²) in [4.78, 5) is 15.9. The minimum atomic E-state index is -0.467. The molecule has 1 N–H and O–H groups in total. The number of hydrogen-bond acceptors (Lipinski definition) is 4. The molecule has 0 aliphatic carbocycles. The smallest absolute Gasteiger partial charge is 0.222 e. The van der Waals surface area contributed by atoms with Gasteiger partial charge in [-0.05, 0) is 43.9 Å². The monoisotopic (exact) mass is 332 g/mol. The molecule has 0 saturated carbocycles. The number of carbonyl (C=O) groups is 1. The number of carbonyl (C=O) groups excluding carboxylic acids is 1. The number of para-hydroxylation sites is 1. The number of hydrogen-bond donors (Lipinski definition) is 1. The fourth-order valence-electron chi connectivity index (χ4n) is 3.97. The molecule has 3 rings (SSSR count). The molecule has 1 aromatic rings. The molecule has 2 unspecified atom stereocenters. The quantitative estimate of drug-likeness (QED) is 0.825. The molecule has 132 valence electrons. The summed E-state index contributed by atoms with van der Waals surface area (Å²) in [6.07, 6.45) is 4.34. The first-order valence-corrected chi connectivity index (χ1v) is 8.99. The molecule has 0 bridgehead atoms. The van der Waals surface area contributed by atoms with Crippen LogP contribution in [0.15, 0.2) is 24.3 Å². The maximum atomic E-state index is 11.7. The molecule has 5 heteroatoms. The van der Waals surface area contributed by atoms with Crippen molar-refractivity contribution in [3.8, 4) is 5.75 Å². The average molecular weight is 332 g/mol. The van der Waals surface area contributed by atoms with Crippen molar-refractivity contribution < 1.29 is 14.6 Å². The standard InChI is InChI=1S/C19H28N2O3/c1-24-18-8-3-2-6-15(18)12-16-7-4-10-20(16)13-17(22)14-21-11-5-9-19(21)23/h2-3,6,8,16-17,22H,4-5,7,9-14H2,1H3. The van der Waals surface area contributed by atoms with Gasteiger partial charge in [-0.1, -0.05) is 18.2 Å². The van der Waals surface area contributed by atoms with E-state index in [1.165, 1.54) is 5.56 Å². The molecule has 2 aliphatic heterocycles. The van der Waals surface area contributed by atoms with Crippen LogP contribution < -0.4 is 4.74 Å². The summed E-state index contributed by atoms with van der Waals surface area (Å²) in [6, 6.07) is 8.60. The van der Waals surface area contributed by atoms with Gasteiger partial charge in [-0.2, -0.15) is 0 Å². The first-order chi connectivity index (χ1) is 11.7. The Balaban J connectivity index is 1.56. The molecule has 5 nitrogen and oxygen atoms in total. The summed E-state index contributed by atoms with van der Waals surface area (Å²) in [6.45, 7) is 2.92. The van der Waals surface area contributed by atoms with E-state index in [9.17, 15) is 9.90 Å². The van der Waals surface area contributed by atoms with Crippen molar-refractivity contribution in [3.05, 3.63) is 29.8 Å². The first kappa shape index (κ1) is 17.2. The predicted molar refractivity (Wildman–Crippen MR) is 93.1 cm³/mol. The third-order valence-corrected chi connectivity index (χ3v) is 5.19. The Morgan fingerprint density at radius 2 is 2.08 bits per heavy atom. The van der Waals surface area contributed by atoms with E-state index < -0.39 is 6.10 Å². The fourth-order valence-corrected chi connectivity index (χ4v) is 3.97. The minimum Gasteiger partial charge on any atom is -0.496 e. The number of ether oxygens (including phenoxy) is 1. The lowest BCUT2D eigenvalue weighted by molar-refractivity contribution is -0.129. The maximum absolute atomic E-state index is 11.7. The van der Waals surface area contributed by atoms with Crippen molar-refractivity contribution in [2.45, 2.75) is 44.2 Å². The molecule has 1 amide bonds. The van der Waals surface area contributed by atoms with Gasteiger partial charge in [0.25, 0.3) is 0 Å². The Kier molecular flexibility index (Phi) is 5.74. The van der Waals surface area contributed by atoms with Crippen molar-refractivity contribution in [2.24, 2.45) is 0 Å². The highest BCUT2D eigenvalue weighted by atomic mass is 16.5. The molecule has 2 saturated heterocycles. The number of likely N-dealkylation sites (tertiary alicyclic amines) is 2. The molecule has 2 fully saturated rings. The second-order valence-corrected chi connectivity index (χ2v) is 6.90. The SMILES string of the molecule is COc1ccccc1CC1CCCN1CC(O)CN1CCCC1=O. The van der Waals surface area contributed by atoms with Crippen molar-refractivity contribution >= 4 is 5.91 Å². The van der Waals surface area contributed by atoms with Crippen molar-refractivity contribution in [1.29, 1.82) is 0 Å². The molecule has 1 aromatic carbocycles. The van der Waals surface area contributed by atoms with E-state index in [0.29, 0.717) is 25.6 Å². The van der Waals surface area contributed by atoms with Crippen molar-refractivity contribution in [3.63, 3.8) is 0 Å². The Hall–Kier alpha value is -1.59. The molecule has 2 aliphatic rings. The molecule has 0 spiro atoms. The van der Waals surface area contributed by atoms with Crippen LogP contribution in [0, 0.1) is 0 Å². The molecular formula is C19H28N2O3. The molecule has 0 aromatic heterocycles. The summed E-state index contributed by atoms with van der Waals surface area (Å²) >= 11 is 0. The van der Waals surface area contributed by atoms with Crippen LogP contribution in [0.2, 0.25) is 0 Å². The molecular weight excluding hydrogens is 304 g/mol. The molecule has 2 atom stereocenters. The summed E-state index contributed by atoms with van der Waals surface area (Å²) < 4.78 is 5.46. The van der Waals surface area contributed by atoms with Crippen molar-refractivity contribution in [2.75, 3.05) is 33.3 Å². The third kappa shape index (κ3) is 4.08. The zero-order chi connectivity index (χ0) is 16.9. The number of methoxy groups -OCH3 is 1. The highest BCUT2D eigenvalue weighted by molar-refractivity contribution is 5.78. The van der Waals surface area contributed by atoms with E-state index in [4.69, 9.17) is 4.74 Å².